The van der Waals surface area contributed by atoms with E-state index in [1.807, 2.05) is 42.5 Å². The highest BCUT2D eigenvalue weighted by molar-refractivity contribution is 6.31. The van der Waals surface area contributed by atoms with Gasteiger partial charge in [0.15, 0.2) is 0 Å². The van der Waals surface area contributed by atoms with E-state index in [1.54, 1.807) is 36.3 Å². The number of carbonyl (C=O) groups excluding carboxylic acids is 4. The molecule has 4 aromatic carbocycles. The Hall–Kier alpha value is -5.61. The minimum Gasteiger partial charge on any atom is -0.494 e. The highest BCUT2D eigenvalue weighted by Crippen LogP contribution is 2.60. The van der Waals surface area contributed by atoms with Crippen LogP contribution in [-0.4, -0.2) is 72.4 Å². The van der Waals surface area contributed by atoms with Gasteiger partial charge in [0.05, 0.1) is 23.9 Å². The number of anilines is 3. The highest BCUT2D eigenvalue weighted by Gasteiger charge is 2.62. The number of hydrogen-bond donors (Lipinski definition) is 4. The Labute approximate surface area is 418 Å². The predicted octanol–water partition coefficient (Wildman–Crippen LogP) is 9.59. The normalized spacial score (nSPS) is 29.8. The minimum atomic E-state index is -0.825. The summed E-state index contributed by atoms with van der Waals surface area (Å²) in [5, 5.41) is 13.6. The van der Waals surface area contributed by atoms with Crippen LogP contribution >= 0.6 is 23.2 Å². The van der Waals surface area contributed by atoms with Gasteiger partial charge in [-0.3, -0.25) is 24.5 Å². The van der Waals surface area contributed by atoms with Gasteiger partial charge in [-0.25, -0.2) is 4.39 Å². The molecule has 0 bridgehead atoms. The molecule has 11 rings (SSSR count). The SMILES string of the molecule is COc1cc(N2CCCCC23CC([C@@H]2C[C@@H]2C#Cc2cccc4c2CN(C2CCC(=O)NC2=O)C4=O)C3)ccc1NC(=O)[C@@H]1N[C@@H](CC(C)(C)C)[C@@]2(CNc3cc(Cl)ccc32)[C@H]1c1cccc(Cl)c1F. The number of hydrogen-bond acceptors (Lipinski definition) is 8. The van der Waals surface area contributed by atoms with Crippen molar-refractivity contribution in [2.45, 2.75) is 120 Å². The molecule has 0 aromatic heterocycles. The zero-order valence-electron chi connectivity index (χ0n) is 40.0. The molecular weight excluding hydrogens is 927 g/mol. The van der Waals surface area contributed by atoms with Gasteiger partial charge in [0.25, 0.3) is 5.91 Å². The van der Waals surface area contributed by atoms with E-state index >= 15 is 4.39 Å². The summed E-state index contributed by atoms with van der Waals surface area (Å²) in [6.45, 7) is 8.27. The van der Waals surface area contributed by atoms with Crippen molar-refractivity contribution < 1.29 is 28.3 Å². The topological polar surface area (TPSA) is 132 Å². The third-order valence-electron chi connectivity index (χ3n) is 16.7. The van der Waals surface area contributed by atoms with Crippen LogP contribution in [0, 0.1) is 40.8 Å². The zero-order chi connectivity index (χ0) is 48.9. The monoisotopic (exact) mass is 984 g/mol. The fourth-order valence-electron chi connectivity index (χ4n) is 13.3. The van der Waals surface area contributed by atoms with Gasteiger partial charge in [-0.2, -0.15) is 0 Å². The molecule has 5 fully saturated rings. The number of halogens is 3. The molecule has 7 aliphatic rings. The first-order valence-corrected chi connectivity index (χ1v) is 25.6. The number of piperidine rings is 2. The molecule has 70 heavy (non-hydrogen) atoms. The Kier molecular flexibility index (Phi) is 11.8. The Morgan fingerprint density at radius 1 is 1.01 bits per heavy atom. The standard InChI is InChI=1S/C56H59Cl2FN6O5/c1-54(2,3)28-46-56(30-60-43-24-34(57)15-17-40(43)56)48(37-11-8-12-41(58)49(37)59)50(62-46)52(68)61-42-18-16-35(25-45(42)70-4)65-22-6-5-21-55(65)26-33(27-55)38-23-32(38)14-13-31-9-7-10-36-39(31)29-64(53(36)69)44-19-20-47(66)63-51(44)67/h7-12,15-18,24-25,32-33,38,44,46,48,50,60,62H,5-6,19-23,26-30H2,1-4H3,(H,61,68)(H,63,66,67)/t32-,33?,38+,44?,46-,48-,50+,55?,56-/m0/s1. The molecular formula is C56H59Cl2FN6O5. The second-order valence-corrected chi connectivity index (χ2v) is 22.9. The van der Waals surface area contributed by atoms with Crippen LogP contribution in [-0.2, 0) is 26.3 Å². The maximum absolute atomic E-state index is 16.4. The van der Waals surface area contributed by atoms with Gasteiger partial charge in [-0.15, -0.1) is 0 Å². The number of methoxy groups -OCH3 is 1. The predicted molar refractivity (Wildman–Crippen MR) is 270 cm³/mol. The van der Waals surface area contributed by atoms with Crippen LogP contribution < -0.4 is 30.9 Å². The lowest BCUT2D eigenvalue weighted by atomic mass is 9.61. The van der Waals surface area contributed by atoms with Gasteiger partial charge in [0, 0.05) is 88.5 Å². The largest absolute Gasteiger partial charge is 0.494 e. The zero-order valence-corrected chi connectivity index (χ0v) is 41.5. The van der Waals surface area contributed by atoms with E-state index < -0.39 is 35.1 Å². The third kappa shape index (κ3) is 8.00. The van der Waals surface area contributed by atoms with Crippen LogP contribution in [0.1, 0.15) is 117 Å². The average Bonchev–Trinajstić information content (AvgIpc) is 3.73. The molecule has 5 aliphatic heterocycles. The molecule has 2 saturated carbocycles. The molecule has 4 N–H and O–H groups in total. The number of carbonyl (C=O) groups is 4. The summed E-state index contributed by atoms with van der Waals surface area (Å²) in [4.78, 5) is 56.9. The van der Waals surface area contributed by atoms with Crippen molar-refractivity contribution in [2.75, 3.05) is 35.7 Å². The molecule has 14 heteroatoms. The van der Waals surface area contributed by atoms with Crippen molar-refractivity contribution in [2.24, 2.45) is 23.2 Å². The molecule has 5 heterocycles. The van der Waals surface area contributed by atoms with Crippen molar-refractivity contribution >= 4 is 63.9 Å². The second-order valence-electron chi connectivity index (χ2n) is 22.0. The summed E-state index contributed by atoms with van der Waals surface area (Å²) in [5.41, 5.74) is 5.34. The number of benzene rings is 4. The van der Waals surface area contributed by atoms with Gasteiger partial charge in [0.1, 0.15) is 17.6 Å². The number of nitrogens with one attached hydrogen (secondary N) is 4. The second kappa shape index (κ2) is 17.6. The van der Waals surface area contributed by atoms with Gasteiger partial charge in [-0.05, 0) is 128 Å². The third-order valence-corrected chi connectivity index (χ3v) is 17.2. The van der Waals surface area contributed by atoms with E-state index in [-0.39, 0.29) is 46.2 Å². The molecule has 4 aromatic rings. The van der Waals surface area contributed by atoms with Crippen molar-refractivity contribution in [1.82, 2.24) is 15.5 Å². The summed E-state index contributed by atoms with van der Waals surface area (Å²) in [7, 11) is 1.63. The van der Waals surface area contributed by atoms with Crippen molar-refractivity contribution in [3.8, 4) is 17.6 Å². The van der Waals surface area contributed by atoms with E-state index in [2.05, 4.69) is 64.8 Å². The molecule has 2 spiro atoms. The fourth-order valence-corrected chi connectivity index (χ4v) is 13.7. The lowest BCUT2D eigenvalue weighted by Crippen LogP contribution is -2.60. The van der Waals surface area contributed by atoms with E-state index in [0.29, 0.717) is 64.9 Å². The van der Waals surface area contributed by atoms with Crippen LogP contribution in [0.5, 0.6) is 5.75 Å². The van der Waals surface area contributed by atoms with E-state index in [1.165, 1.54) is 6.42 Å². The van der Waals surface area contributed by atoms with Gasteiger partial charge >= 0.3 is 0 Å². The molecule has 364 valence electrons. The summed E-state index contributed by atoms with van der Waals surface area (Å²) >= 11 is 13.0. The molecule has 2 aliphatic carbocycles. The van der Waals surface area contributed by atoms with Crippen LogP contribution in [0.4, 0.5) is 21.5 Å². The Morgan fingerprint density at radius 3 is 2.61 bits per heavy atom. The van der Waals surface area contributed by atoms with Gasteiger partial charge in [-0.1, -0.05) is 80.1 Å². The maximum Gasteiger partial charge on any atom is 0.255 e. The van der Waals surface area contributed by atoms with Gasteiger partial charge in [0.2, 0.25) is 17.7 Å². The first-order chi connectivity index (χ1) is 33.6. The van der Waals surface area contributed by atoms with Crippen LogP contribution in [0.25, 0.3) is 0 Å². The smallest absolute Gasteiger partial charge is 0.255 e. The summed E-state index contributed by atoms with van der Waals surface area (Å²) < 4.78 is 22.5. The molecule has 11 nitrogen and oxygen atoms in total. The number of ether oxygens (including phenoxy) is 1. The number of imide groups is 1. The number of nitrogens with zero attached hydrogens (tertiary/aromatic N) is 2. The Balaban J connectivity index is 0.801. The molecule has 1 unspecified atom stereocenters. The van der Waals surface area contributed by atoms with E-state index in [4.69, 9.17) is 27.9 Å². The molecule has 3 saturated heterocycles. The quantitative estimate of drug-likeness (QED) is 0.102. The average molecular weight is 986 g/mol. The number of amides is 4. The van der Waals surface area contributed by atoms with Crippen molar-refractivity contribution in [3.05, 3.63) is 116 Å². The van der Waals surface area contributed by atoms with Gasteiger partial charge < -0.3 is 30.5 Å². The van der Waals surface area contributed by atoms with Crippen LogP contribution in [0.3, 0.4) is 0 Å². The van der Waals surface area contributed by atoms with Crippen LogP contribution in [0.2, 0.25) is 10.0 Å². The highest BCUT2D eigenvalue weighted by atomic mass is 35.5. The molecule has 0 radical (unpaired) electrons. The summed E-state index contributed by atoms with van der Waals surface area (Å²) in [6.07, 6.45) is 7.86. The van der Waals surface area contributed by atoms with Crippen molar-refractivity contribution in [3.63, 3.8) is 0 Å². The van der Waals surface area contributed by atoms with E-state index in [9.17, 15) is 19.2 Å². The van der Waals surface area contributed by atoms with Crippen molar-refractivity contribution in [1.29, 1.82) is 0 Å². The summed E-state index contributed by atoms with van der Waals surface area (Å²) in [5.74, 6) is 6.58. The lowest BCUT2D eigenvalue weighted by molar-refractivity contribution is -0.137. The number of fused-ring (bicyclic) bond motifs is 3. The first-order valence-electron chi connectivity index (χ1n) is 24.9. The van der Waals surface area contributed by atoms with Crippen LogP contribution in [0.15, 0.2) is 72.8 Å². The Bertz CT molecular complexity index is 2900. The fraction of sp³-hybridized carbons (Fsp3) is 0.464. The number of rotatable bonds is 8. The summed E-state index contributed by atoms with van der Waals surface area (Å²) in [6, 6.07) is 20.9. The minimum absolute atomic E-state index is 0.0119. The molecule has 7 atom stereocenters. The first kappa shape index (κ1) is 46.8. The molecule has 4 amide bonds. The Morgan fingerprint density at radius 2 is 1.83 bits per heavy atom. The van der Waals surface area contributed by atoms with E-state index in [0.717, 1.165) is 73.1 Å². The lowest BCUT2D eigenvalue weighted by Gasteiger charge is -2.58. The maximum atomic E-state index is 16.4.